The standard InChI is InChI=1S/C11H16N2O4/c1-17-5-3-8(7-14)13-11(16)9-6-12-4-2-10(9)15/h2,4,6,8,14H,3,5,7H2,1H3,(H,12,15)(H,13,16). The Hall–Kier alpha value is -1.66. The number of carbonyl (C=O) groups is 1. The van der Waals surface area contributed by atoms with Gasteiger partial charge in [0, 0.05) is 32.2 Å². The van der Waals surface area contributed by atoms with E-state index in [1.807, 2.05) is 0 Å². The minimum atomic E-state index is -0.498. The summed E-state index contributed by atoms with van der Waals surface area (Å²) in [5, 5.41) is 11.6. The van der Waals surface area contributed by atoms with E-state index in [4.69, 9.17) is 9.84 Å². The molecule has 1 heterocycles. The smallest absolute Gasteiger partial charge is 0.257 e. The summed E-state index contributed by atoms with van der Waals surface area (Å²) in [7, 11) is 1.54. The maximum Gasteiger partial charge on any atom is 0.257 e. The highest BCUT2D eigenvalue weighted by Crippen LogP contribution is 1.95. The van der Waals surface area contributed by atoms with Gasteiger partial charge in [0.25, 0.3) is 5.91 Å². The Morgan fingerprint density at radius 2 is 2.41 bits per heavy atom. The van der Waals surface area contributed by atoms with E-state index in [9.17, 15) is 9.59 Å². The van der Waals surface area contributed by atoms with E-state index in [2.05, 4.69) is 10.3 Å². The van der Waals surface area contributed by atoms with Crippen molar-refractivity contribution in [3.8, 4) is 0 Å². The molecule has 0 aliphatic carbocycles. The Labute approximate surface area is 98.6 Å². The van der Waals surface area contributed by atoms with Gasteiger partial charge in [0.2, 0.25) is 0 Å². The van der Waals surface area contributed by atoms with Crippen molar-refractivity contribution in [2.45, 2.75) is 12.5 Å². The maximum atomic E-state index is 11.7. The van der Waals surface area contributed by atoms with Crippen LogP contribution in [-0.4, -0.2) is 42.4 Å². The van der Waals surface area contributed by atoms with Gasteiger partial charge in [0.05, 0.1) is 12.6 Å². The van der Waals surface area contributed by atoms with E-state index in [0.717, 1.165) is 0 Å². The minimum absolute atomic E-state index is 0.0309. The number of hydrogen-bond donors (Lipinski definition) is 3. The molecule has 94 valence electrons. The van der Waals surface area contributed by atoms with E-state index in [0.29, 0.717) is 13.0 Å². The molecular weight excluding hydrogens is 224 g/mol. The number of rotatable bonds is 6. The van der Waals surface area contributed by atoms with Crippen molar-refractivity contribution in [1.29, 1.82) is 0 Å². The number of hydrogen-bond acceptors (Lipinski definition) is 4. The fourth-order valence-corrected chi connectivity index (χ4v) is 1.33. The molecule has 1 amide bonds. The predicted octanol–water partition coefficient (Wildman–Crippen LogP) is -0.498. The summed E-state index contributed by atoms with van der Waals surface area (Å²) in [4.78, 5) is 25.8. The number of H-pyrrole nitrogens is 1. The Morgan fingerprint density at radius 1 is 1.65 bits per heavy atom. The van der Waals surface area contributed by atoms with Gasteiger partial charge in [-0.1, -0.05) is 0 Å². The van der Waals surface area contributed by atoms with Crippen molar-refractivity contribution < 1.29 is 14.6 Å². The molecule has 1 rings (SSSR count). The lowest BCUT2D eigenvalue weighted by Crippen LogP contribution is -2.40. The van der Waals surface area contributed by atoms with Crippen molar-refractivity contribution in [2.24, 2.45) is 0 Å². The molecule has 0 aromatic carbocycles. The normalized spacial score (nSPS) is 12.1. The first-order valence-corrected chi connectivity index (χ1v) is 5.26. The average Bonchev–Trinajstić information content (AvgIpc) is 2.34. The van der Waals surface area contributed by atoms with Gasteiger partial charge in [-0.15, -0.1) is 0 Å². The Morgan fingerprint density at radius 3 is 3.00 bits per heavy atom. The molecule has 0 fully saturated rings. The number of nitrogens with one attached hydrogen (secondary N) is 2. The quantitative estimate of drug-likeness (QED) is 0.625. The Bertz CT molecular complexity index is 416. The molecule has 0 saturated heterocycles. The van der Waals surface area contributed by atoms with Gasteiger partial charge in [-0.2, -0.15) is 0 Å². The third-order valence-electron chi connectivity index (χ3n) is 2.29. The van der Waals surface area contributed by atoms with Crippen LogP contribution in [0.5, 0.6) is 0 Å². The summed E-state index contributed by atoms with van der Waals surface area (Å²) in [6.45, 7) is 0.233. The van der Waals surface area contributed by atoms with Crippen LogP contribution in [0.15, 0.2) is 23.3 Å². The lowest BCUT2D eigenvalue weighted by Gasteiger charge is -2.15. The van der Waals surface area contributed by atoms with Crippen LogP contribution in [0, 0.1) is 0 Å². The van der Waals surface area contributed by atoms with Crippen molar-refractivity contribution >= 4 is 5.91 Å². The second kappa shape index (κ2) is 6.82. The zero-order valence-electron chi connectivity index (χ0n) is 9.60. The predicted molar refractivity (Wildman–Crippen MR) is 61.9 cm³/mol. The van der Waals surface area contributed by atoms with Gasteiger partial charge in [0.15, 0.2) is 5.43 Å². The molecular formula is C11H16N2O4. The van der Waals surface area contributed by atoms with Crippen LogP contribution in [0.1, 0.15) is 16.8 Å². The van der Waals surface area contributed by atoms with E-state index >= 15 is 0 Å². The molecule has 0 spiro atoms. The first kappa shape index (κ1) is 13.4. The summed E-state index contributed by atoms with van der Waals surface area (Å²) in [6, 6.07) is 0.861. The summed E-state index contributed by atoms with van der Waals surface area (Å²) >= 11 is 0. The molecule has 6 nitrogen and oxygen atoms in total. The van der Waals surface area contributed by atoms with Crippen LogP contribution in [0.4, 0.5) is 0 Å². The zero-order chi connectivity index (χ0) is 12.7. The molecule has 0 radical (unpaired) electrons. The molecule has 1 atom stereocenters. The molecule has 0 aliphatic rings. The largest absolute Gasteiger partial charge is 0.394 e. The number of amides is 1. The van der Waals surface area contributed by atoms with E-state index in [-0.39, 0.29) is 17.6 Å². The van der Waals surface area contributed by atoms with Crippen LogP contribution in [-0.2, 0) is 4.74 Å². The first-order chi connectivity index (χ1) is 8.19. The summed E-state index contributed by atoms with van der Waals surface area (Å²) < 4.78 is 4.85. The van der Waals surface area contributed by atoms with Gasteiger partial charge >= 0.3 is 0 Å². The van der Waals surface area contributed by atoms with E-state index < -0.39 is 11.9 Å². The lowest BCUT2D eigenvalue weighted by molar-refractivity contribution is 0.0893. The highest BCUT2D eigenvalue weighted by atomic mass is 16.5. The molecule has 0 aliphatic heterocycles. The summed E-state index contributed by atoms with van der Waals surface area (Å²) in [5.41, 5.74) is -0.326. The van der Waals surface area contributed by atoms with Gasteiger partial charge in [-0.25, -0.2) is 0 Å². The van der Waals surface area contributed by atoms with Crippen LogP contribution < -0.4 is 10.7 Å². The number of ether oxygens (including phenoxy) is 1. The number of aliphatic hydroxyl groups excluding tert-OH is 1. The molecule has 6 heteroatoms. The van der Waals surface area contributed by atoms with Crippen LogP contribution in [0.25, 0.3) is 0 Å². The van der Waals surface area contributed by atoms with Gasteiger partial charge in [0.1, 0.15) is 5.56 Å². The number of carbonyl (C=O) groups excluding carboxylic acids is 1. The fourth-order valence-electron chi connectivity index (χ4n) is 1.33. The summed E-state index contributed by atoms with van der Waals surface area (Å²) in [6.07, 6.45) is 3.28. The third kappa shape index (κ3) is 4.01. The Balaban J connectivity index is 2.65. The second-order valence-electron chi connectivity index (χ2n) is 3.56. The monoisotopic (exact) mass is 240 g/mol. The minimum Gasteiger partial charge on any atom is -0.394 e. The SMILES string of the molecule is COCCC(CO)NC(=O)c1c[nH]ccc1=O. The molecule has 17 heavy (non-hydrogen) atoms. The first-order valence-electron chi connectivity index (χ1n) is 5.26. The number of aliphatic hydroxyl groups is 1. The highest BCUT2D eigenvalue weighted by molar-refractivity contribution is 5.93. The molecule has 1 aromatic heterocycles. The molecule has 0 bridgehead atoms. The van der Waals surface area contributed by atoms with Gasteiger partial charge in [-0.05, 0) is 6.42 Å². The molecule has 0 saturated carbocycles. The number of aromatic nitrogens is 1. The van der Waals surface area contributed by atoms with Gasteiger partial charge < -0.3 is 20.1 Å². The topological polar surface area (TPSA) is 91.4 Å². The highest BCUT2D eigenvalue weighted by Gasteiger charge is 2.14. The molecule has 1 aromatic rings. The summed E-state index contributed by atoms with van der Waals surface area (Å²) in [5.74, 6) is -0.498. The van der Waals surface area contributed by atoms with E-state index in [1.165, 1.54) is 25.6 Å². The van der Waals surface area contributed by atoms with E-state index in [1.54, 1.807) is 0 Å². The third-order valence-corrected chi connectivity index (χ3v) is 2.29. The van der Waals surface area contributed by atoms with Crippen molar-refractivity contribution in [3.05, 3.63) is 34.2 Å². The van der Waals surface area contributed by atoms with Gasteiger partial charge in [-0.3, -0.25) is 9.59 Å². The molecule has 1 unspecified atom stereocenters. The average molecular weight is 240 g/mol. The Kier molecular flexibility index (Phi) is 5.38. The van der Waals surface area contributed by atoms with Crippen molar-refractivity contribution in [2.75, 3.05) is 20.3 Å². The maximum absolute atomic E-state index is 11.7. The number of aromatic amines is 1. The van der Waals surface area contributed by atoms with Crippen LogP contribution in [0.2, 0.25) is 0 Å². The van der Waals surface area contributed by atoms with Crippen molar-refractivity contribution in [1.82, 2.24) is 10.3 Å². The fraction of sp³-hybridized carbons (Fsp3) is 0.455. The van der Waals surface area contributed by atoms with Crippen LogP contribution >= 0.6 is 0 Å². The van der Waals surface area contributed by atoms with Crippen LogP contribution in [0.3, 0.4) is 0 Å². The number of pyridine rings is 1. The lowest BCUT2D eigenvalue weighted by atomic mass is 10.2. The number of methoxy groups -OCH3 is 1. The van der Waals surface area contributed by atoms with Crippen molar-refractivity contribution in [3.63, 3.8) is 0 Å². The molecule has 3 N–H and O–H groups in total. The zero-order valence-corrected chi connectivity index (χ0v) is 9.60. The second-order valence-corrected chi connectivity index (χ2v) is 3.56.